The Balaban J connectivity index is 2.14. The number of rotatable bonds is 3. The van der Waals surface area contributed by atoms with Crippen molar-refractivity contribution >= 4 is 11.6 Å². The smallest absolute Gasteiger partial charge is 0.200 e. The van der Waals surface area contributed by atoms with Gasteiger partial charge in [0.2, 0.25) is 5.82 Å². The van der Waals surface area contributed by atoms with E-state index < -0.39 is 46.0 Å². The minimum Gasteiger partial charge on any atom is -0.489 e. The fourth-order valence-corrected chi connectivity index (χ4v) is 3.03. The van der Waals surface area contributed by atoms with Gasteiger partial charge in [0.15, 0.2) is 23.3 Å². The Labute approximate surface area is 144 Å². The quantitative estimate of drug-likeness (QED) is 0.352. The summed E-state index contributed by atoms with van der Waals surface area (Å²) in [6.45, 7) is 0. The van der Waals surface area contributed by atoms with Crippen LogP contribution in [0.2, 0.25) is 5.02 Å². The minimum absolute atomic E-state index is 0.0751. The molecule has 1 aliphatic rings. The van der Waals surface area contributed by atoms with E-state index in [1.807, 2.05) is 0 Å². The van der Waals surface area contributed by atoms with E-state index >= 15 is 0 Å². The number of halogens is 7. The molecule has 0 amide bonds. The zero-order valence-corrected chi connectivity index (χ0v) is 13.4. The second-order valence-electron chi connectivity index (χ2n) is 5.73. The van der Waals surface area contributed by atoms with Crippen LogP contribution < -0.4 is 4.74 Å². The van der Waals surface area contributed by atoms with Gasteiger partial charge in [0.25, 0.3) is 0 Å². The van der Waals surface area contributed by atoms with Crippen molar-refractivity contribution in [2.45, 2.75) is 31.8 Å². The average Bonchev–Trinajstić information content (AvgIpc) is 3.08. The Hall–Kier alpha value is -1.89. The summed E-state index contributed by atoms with van der Waals surface area (Å²) in [6, 6.07) is 1.58. The Bertz CT molecular complexity index is 804. The highest BCUT2D eigenvalue weighted by molar-refractivity contribution is 6.32. The van der Waals surface area contributed by atoms with Crippen LogP contribution in [0, 0.1) is 34.9 Å². The van der Waals surface area contributed by atoms with E-state index in [9.17, 15) is 26.3 Å². The molecule has 2 aromatic rings. The van der Waals surface area contributed by atoms with Gasteiger partial charge in [-0.1, -0.05) is 11.6 Å². The van der Waals surface area contributed by atoms with Crippen LogP contribution in [0.15, 0.2) is 12.1 Å². The van der Waals surface area contributed by atoms with Crippen LogP contribution in [0.3, 0.4) is 0 Å². The predicted octanol–water partition coefficient (Wildman–Crippen LogP) is 6.16. The summed E-state index contributed by atoms with van der Waals surface area (Å²) in [7, 11) is 0. The molecular weight excluding hydrogens is 370 g/mol. The molecule has 0 N–H and O–H groups in total. The van der Waals surface area contributed by atoms with E-state index in [2.05, 4.69) is 0 Å². The zero-order chi connectivity index (χ0) is 18.3. The number of benzene rings is 2. The van der Waals surface area contributed by atoms with Crippen molar-refractivity contribution in [3.05, 3.63) is 52.1 Å². The second kappa shape index (κ2) is 6.78. The maximum atomic E-state index is 14.1. The van der Waals surface area contributed by atoms with Gasteiger partial charge >= 0.3 is 0 Å². The molecule has 8 heteroatoms. The lowest BCUT2D eigenvalue weighted by atomic mass is 10.0. The first-order chi connectivity index (χ1) is 11.8. The molecule has 0 spiro atoms. The topological polar surface area (TPSA) is 9.23 Å². The summed E-state index contributed by atoms with van der Waals surface area (Å²) in [5.74, 6) is -12.2. The highest BCUT2D eigenvalue weighted by atomic mass is 35.5. The second-order valence-corrected chi connectivity index (χ2v) is 6.14. The summed E-state index contributed by atoms with van der Waals surface area (Å²) in [5, 5.41) is -0.156. The molecular formula is C17H11ClF6O. The Morgan fingerprint density at radius 3 is 1.88 bits per heavy atom. The van der Waals surface area contributed by atoms with Gasteiger partial charge in [0, 0.05) is 5.56 Å². The van der Waals surface area contributed by atoms with Gasteiger partial charge in [0.1, 0.15) is 11.6 Å². The lowest BCUT2D eigenvalue weighted by Gasteiger charge is -2.16. The molecule has 0 unspecified atom stereocenters. The molecule has 0 atom stereocenters. The summed E-state index contributed by atoms with van der Waals surface area (Å²) >= 11 is 5.87. The molecule has 0 saturated heterocycles. The molecule has 1 fully saturated rings. The maximum absolute atomic E-state index is 14.1. The Morgan fingerprint density at radius 1 is 0.800 bits per heavy atom. The monoisotopic (exact) mass is 380 g/mol. The van der Waals surface area contributed by atoms with Gasteiger partial charge in [-0.2, -0.15) is 0 Å². The fraction of sp³-hybridized carbons (Fsp3) is 0.294. The van der Waals surface area contributed by atoms with E-state index in [1.165, 1.54) is 0 Å². The van der Waals surface area contributed by atoms with Crippen LogP contribution in [-0.2, 0) is 0 Å². The van der Waals surface area contributed by atoms with Gasteiger partial charge in [-0.05, 0) is 37.8 Å². The van der Waals surface area contributed by atoms with Crippen molar-refractivity contribution in [3.8, 4) is 16.9 Å². The zero-order valence-electron chi connectivity index (χ0n) is 12.6. The first-order valence-electron chi connectivity index (χ1n) is 7.48. The summed E-state index contributed by atoms with van der Waals surface area (Å²) in [5.41, 5.74) is -2.17. The summed E-state index contributed by atoms with van der Waals surface area (Å²) in [6.07, 6.45) is 3.10. The molecule has 1 saturated carbocycles. The van der Waals surface area contributed by atoms with Crippen LogP contribution in [0.25, 0.3) is 11.1 Å². The first kappa shape index (κ1) is 17.9. The molecule has 1 aliphatic carbocycles. The lowest BCUT2D eigenvalue weighted by Crippen LogP contribution is -2.11. The van der Waals surface area contributed by atoms with Crippen LogP contribution in [0.5, 0.6) is 5.75 Å². The summed E-state index contributed by atoms with van der Waals surface area (Å²) < 4.78 is 87.5. The van der Waals surface area contributed by atoms with Crippen molar-refractivity contribution in [1.82, 2.24) is 0 Å². The van der Waals surface area contributed by atoms with E-state index in [1.54, 1.807) is 0 Å². The normalized spacial score (nSPS) is 15.0. The molecule has 0 bridgehead atoms. The maximum Gasteiger partial charge on any atom is 0.200 e. The van der Waals surface area contributed by atoms with Crippen LogP contribution in [-0.4, -0.2) is 6.10 Å². The first-order valence-corrected chi connectivity index (χ1v) is 7.86. The summed E-state index contributed by atoms with van der Waals surface area (Å²) in [4.78, 5) is 0. The highest BCUT2D eigenvalue weighted by Gasteiger charge is 2.29. The van der Waals surface area contributed by atoms with Crippen molar-refractivity contribution in [1.29, 1.82) is 0 Å². The van der Waals surface area contributed by atoms with Gasteiger partial charge in [-0.3, -0.25) is 0 Å². The third kappa shape index (κ3) is 3.17. The standard InChI is InChI=1S/C17H11ClF6O/c18-9-6-10(19)8(5-11(9)25-7-3-1-2-4-7)12-13(20)15(22)17(24)16(23)14(12)21/h5-7H,1-4H2. The van der Waals surface area contributed by atoms with Gasteiger partial charge in [-0.25, -0.2) is 26.3 Å². The lowest BCUT2D eigenvalue weighted by molar-refractivity contribution is 0.210. The number of hydrogen-bond donors (Lipinski definition) is 0. The van der Waals surface area contributed by atoms with Crippen molar-refractivity contribution in [2.24, 2.45) is 0 Å². The van der Waals surface area contributed by atoms with Gasteiger partial charge in [0.05, 0.1) is 16.7 Å². The minimum atomic E-state index is -2.31. The molecule has 134 valence electrons. The van der Waals surface area contributed by atoms with Crippen molar-refractivity contribution < 1.29 is 31.1 Å². The Morgan fingerprint density at radius 2 is 1.32 bits per heavy atom. The average molecular weight is 381 g/mol. The predicted molar refractivity (Wildman–Crippen MR) is 79.5 cm³/mol. The molecule has 1 nitrogen and oxygen atoms in total. The number of hydrogen-bond acceptors (Lipinski definition) is 1. The van der Waals surface area contributed by atoms with E-state index in [-0.39, 0.29) is 16.9 Å². The van der Waals surface area contributed by atoms with E-state index in [0.717, 1.165) is 37.8 Å². The molecule has 2 aromatic carbocycles. The largest absolute Gasteiger partial charge is 0.489 e. The molecule has 25 heavy (non-hydrogen) atoms. The molecule has 3 rings (SSSR count). The van der Waals surface area contributed by atoms with Crippen LogP contribution in [0.1, 0.15) is 25.7 Å². The highest BCUT2D eigenvalue weighted by Crippen LogP contribution is 2.39. The molecule has 0 aromatic heterocycles. The van der Waals surface area contributed by atoms with E-state index in [0.29, 0.717) is 0 Å². The fourth-order valence-electron chi connectivity index (χ4n) is 2.84. The van der Waals surface area contributed by atoms with Gasteiger partial charge in [-0.15, -0.1) is 0 Å². The van der Waals surface area contributed by atoms with Crippen molar-refractivity contribution in [3.63, 3.8) is 0 Å². The Kier molecular flexibility index (Phi) is 4.86. The van der Waals surface area contributed by atoms with Crippen molar-refractivity contribution in [2.75, 3.05) is 0 Å². The third-order valence-electron chi connectivity index (χ3n) is 4.10. The molecule has 0 heterocycles. The van der Waals surface area contributed by atoms with E-state index in [4.69, 9.17) is 16.3 Å². The number of ether oxygens (including phenoxy) is 1. The van der Waals surface area contributed by atoms with Crippen LogP contribution >= 0.6 is 11.6 Å². The van der Waals surface area contributed by atoms with Gasteiger partial charge < -0.3 is 4.74 Å². The SMILES string of the molecule is Fc1cc(Cl)c(OC2CCCC2)cc1-c1c(F)c(F)c(F)c(F)c1F. The molecule has 0 aliphatic heterocycles. The van der Waals surface area contributed by atoms with Crippen LogP contribution in [0.4, 0.5) is 26.3 Å². The third-order valence-corrected chi connectivity index (χ3v) is 4.39. The molecule has 0 radical (unpaired) electrons.